The van der Waals surface area contributed by atoms with Crippen LogP contribution in [-0.4, -0.2) is 27.4 Å². The first-order valence-electron chi connectivity index (χ1n) is 10.0. The van der Waals surface area contributed by atoms with Crippen molar-refractivity contribution in [2.75, 3.05) is 6.61 Å². The average Bonchev–Trinajstić information content (AvgIpc) is 3.00. The zero-order valence-electron chi connectivity index (χ0n) is 18.0. The molecule has 0 aliphatic carbocycles. The maximum Gasteiger partial charge on any atom is 0.315 e. The summed E-state index contributed by atoms with van der Waals surface area (Å²) in [6.45, 7) is 10.5. The number of carbonyl (C=O) groups excluding carboxylic acids is 1. The van der Waals surface area contributed by atoms with Crippen LogP contribution in [0.4, 0.5) is 0 Å². The number of hydrogen-bond acceptors (Lipinski definition) is 4. The molecule has 1 unspecified atom stereocenters. The molecule has 1 atom stereocenters. The number of benzene rings is 2. The Hall–Kier alpha value is -1.92. The third-order valence-corrected chi connectivity index (χ3v) is 6.57. The number of aryl methyl sites for hydroxylation is 1. The van der Waals surface area contributed by atoms with E-state index in [9.17, 15) is 9.90 Å². The van der Waals surface area contributed by atoms with Crippen LogP contribution < -0.4 is 0 Å². The molecule has 3 rings (SSSR count). The molecule has 0 amide bonds. The van der Waals surface area contributed by atoms with Gasteiger partial charge in [-0.3, -0.25) is 4.79 Å². The predicted molar refractivity (Wildman–Crippen MR) is 128 cm³/mol. The molecule has 160 valence electrons. The number of phenols is 1. The fraction of sp³-hybridized carbons (Fsp3) is 0.375. The van der Waals surface area contributed by atoms with Crippen molar-refractivity contribution in [3.05, 3.63) is 57.7 Å². The maximum absolute atomic E-state index is 13.1. The summed E-state index contributed by atoms with van der Waals surface area (Å²) >= 11 is 5.22. The molecule has 2 N–H and O–H groups in total. The molecule has 1 aromatic heterocycles. The van der Waals surface area contributed by atoms with Crippen LogP contribution in [-0.2, 0) is 16.0 Å². The standard InChI is InChI=1S/C24H28BrNO3S/c1-6-29-23(28)17(13-15-8-7-9-16(25)12-15)21-22(30-24(3,4)5)20-14(2)19(27)11-10-18(20)26-21/h7-12,17,26-27H,6,13H2,1-5H3. The van der Waals surface area contributed by atoms with Crippen LogP contribution in [0.3, 0.4) is 0 Å². The SMILES string of the molecule is CCOC(=O)C(Cc1cccc(Br)c1)c1[nH]c2ccc(O)c(C)c2c1SC(C)(C)C. The van der Waals surface area contributed by atoms with Crippen molar-refractivity contribution >= 4 is 44.6 Å². The minimum atomic E-state index is -0.474. The smallest absolute Gasteiger partial charge is 0.315 e. The van der Waals surface area contributed by atoms with Gasteiger partial charge in [-0.15, -0.1) is 11.8 Å². The molecule has 0 saturated heterocycles. The summed E-state index contributed by atoms with van der Waals surface area (Å²) in [6.07, 6.45) is 0.522. The largest absolute Gasteiger partial charge is 0.508 e. The van der Waals surface area contributed by atoms with Crippen molar-refractivity contribution in [1.82, 2.24) is 4.98 Å². The van der Waals surface area contributed by atoms with E-state index in [-0.39, 0.29) is 16.5 Å². The van der Waals surface area contributed by atoms with Crippen molar-refractivity contribution in [3.63, 3.8) is 0 Å². The Morgan fingerprint density at radius 2 is 2.00 bits per heavy atom. The van der Waals surface area contributed by atoms with Crippen LogP contribution >= 0.6 is 27.7 Å². The molecular formula is C24H28BrNO3S. The molecule has 0 fully saturated rings. The Morgan fingerprint density at radius 1 is 1.27 bits per heavy atom. The van der Waals surface area contributed by atoms with Gasteiger partial charge in [-0.25, -0.2) is 0 Å². The minimum absolute atomic E-state index is 0.0727. The van der Waals surface area contributed by atoms with Gasteiger partial charge in [0.15, 0.2) is 0 Å². The molecule has 0 spiro atoms. The fourth-order valence-corrected chi connectivity index (χ4v) is 5.26. The van der Waals surface area contributed by atoms with Crippen molar-refractivity contribution in [2.24, 2.45) is 0 Å². The quantitative estimate of drug-likeness (QED) is 0.297. The van der Waals surface area contributed by atoms with Gasteiger partial charge < -0.3 is 14.8 Å². The Labute approximate surface area is 190 Å². The van der Waals surface area contributed by atoms with Crippen LogP contribution in [0, 0.1) is 6.92 Å². The number of fused-ring (bicyclic) bond motifs is 1. The Bertz CT molecular complexity index is 1070. The first kappa shape index (κ1) is 22.8. The number of hydrogen-bond donors (Lipinski definition) is 2. The van der Waals surface area contributed by atoms with E-state index in [1.54, 1.807) is 17.8 Å². The van der Waals surface area contributed by atoms with Gasteiger partial charge in [0.1, 0.15) is 11.7 Å². The molecule has 0 aliphatic heterocycles. The molecule has 1 heterocycles. The second-order valence-electron chi connectivity index (χ2n) is 8.35. The van der Waals surface area contributed by atoms with Crippen molar-refractivity contribution < 1.29 is 14.6 Å². The summed E-state index contributed by atoms with van der Waals surface area (Å²) in [7, 11) is 0. The summed E-state index contributed by atoms with van der Waals surface area (Å²) < 4.78 is 6.37. The number of aromatic hydroxyl groups is 1. The number of halogens is 1. The van der Waals surface area contributed by atoms with E-state index < -0.39 is 5.92 Å². The molecule has 6 heteroatoms. The van der Waals surface area contributed by atoms with E-state index in [0.717, 1.165) is 37.1 Å². The van der Waals surface area contributed by atoms with Gasteiger partial charge >= 0.3 is 5.97 Å². The predicted octanol–water partition coefficient (Wildman–Crippen LogP) is 6.72. The highest BCUT2D eigenvalue weighted by Gasteiger charge is 2.31. The van der Waals surface area contributed by atoms with Gasteiger partial charge in [0, 0.05) is 36.3 Å². The molecule has 0 aliphatic rings. The lowest BCUT2D eigenvalue weighted by atomic mass is 9.95. The lowest BCUT2D eigenvalue weighted by Crippen LogP contribution is -2.20. The highest BCUT2D eigenvalue weighted by Crippen LogP contribution is 2.45. The van der Waals surface area contributed by atoms with Gasteiger partial charge in [-0.2, -0.15) is 0 Å². The zero-order chi connectivity index (χ0) is 22.1. The van der Waals surface area contributed by atoms with Gasteiger partial charge in [-0.1, -0.05) is 48.8 Å². The minimum Gasteiger partial charge on any atom is -0.508 e. The van der Waals surface area contributed by atoms with Crippen LogP contribution in [0.5, 0.6) is 5.75 Å². The van der Waals surface area contributed by atoms with E-state index in [2.05, 4.69) is 41.7 Å². The highest BCUT2D eigenvalue weighted by atomic mass is 79.9. The van der Waals surface area contributed by atoms with E-state index in [0.29, 0.717) is 13.0 Å². The van der Waals surface area contributed by atoms with Crippen molar-refractivity contribution in [1.29, 1.82) is 0 Å². The molecule has 0 saturated carbocycles. The molecule has 30 heavy (non-hydrogen) atoms. The van der Waals surface area contributed by atoms with Crippen LogP contribution in [0.15, 0.2) is 45.8 Å². The molecule has 3 aromatic rings. The van der Waals surface area contributed by atoms with Crippen molar-refractivity contribution in [3.8, 4) is 5.75 Å². The highest BCUT2D eigenvalue weighted by molar-refractivity contribution is 9.10. The number of nitrogens with one attached hydrogen (secondary N) is 1. The number of aromatic amines is 1. The van der Waals surface area contributed by atoms with Crippen LogP contribution in [0.2, 0.25) is 0 Å². The number of esters is 1. The third kappa shape index (κ3) is 5.03. The Kier molecular flexibility index (Phi) is 6.88. The van der Waals surface area contributed by atoms with Crippen LogP contribution in [0.1, 0.15) is 50.4 Å². The topological polar surface area (TPSA) is 62.3 Å². The summed E-state index contributed by atoms with van der Waals surface area (Å²) in [5, 5.41) is 11.3. The molecule has 2 aromatic carbocycles. The molecular weight excluding hydrogens is 462 g/mol. The van der Waals surface area contributed by atoms with E-state index in [4.69, 9.17) is 4.74 Å². The van der Waals surface area contributed by atoms with Crippen molar-refractivity contribution in [2.45, 2.75) is 56.6 Å². The first-order chi connectivity index (χ1) is 14.1. The monoisotopic (exact) mass is 489 g/mol. The van der Waals surface area contributed by atoms with E-state index in [1.807, 2.05) is 44.2 Å². The van der Waals surface area contributed by atoms with E-state index in [1.165, 1.54) is 0 Å². The number of phenolic OH excluding ortho intramolecular Hbond substituents is 1. The number of thioether (sulfide) groups is 1. The van der Waals surface area contributed by atoms with Crippen LogP contribution in [0.25, 0.3) is 10.9 Å². The average molecular weight is 490 g/mol. The lowest BCUT2D eigenvalue weighted by Gasteiger charge is -2.22. The summed E-state index contributed by atoms with van der Waals surface area (Å²) in [5.41, 5.74) is 3.62. The Balaban J connectivity index is 2.20. The van der Waals surface area contributed by atoms with E-state index >= 15 is 0 Å². The molecule has 0 radical (unpaired) electrons. The second kappa shape index (κ2) is 9.06. The molecule has 4 nitrogen and oxygen atoms in total. The summed E-state index contributed by atoms with van der Waals surface area (Å²) in [6, 6.07) is 11.6. The maximum atomic E-state index is 13.1. The van der Waals surface area contributed by atoms with Gasteiger partial charge in [-0.05, 0) is 50.1 Å². The number of aromatic nitrogens is 1. The Morgan fingerprint density at radius 3 is 2.63 bits per heavy atom. The number of H-pyrrole nitrogens is 1. The second-order valence-corrected chi connectivity index (χ2v) is 11.1. The van der Waals surface area contributed by atoms with Gasteiger partial charge in [0.25, 0.3) is 0 Å². The number of carbonyl (C=O) groups is 1. The lowest BCUT2D eigenvalue weighted by molar-refractivity contribution is -0.145. The number of ether oxygens (including phenoxy) is 1. The first-order valence-corrected chi connectivity index (χ1v) is 11.7. The van der Waals surface area contributed by atoms with Gasteiger partial charge in [0.05, 0.1) is 6.61 Å². The normalized spacial score (nSPS) is 12.9. The van der Waals surface area contributed by atoms with Gasteiger partial charge in [0.2, 0.25) is 0 Å². The fourth-order valence-electron chi connectivity index (χ4n) is 3.54. The third-order valence-electron chi connectivity index (χ3n) is 4.83. The zero-order valence-corrected chi connectivity index (χ0v) is 20.4. The summed E-state index contributed by atoms with van der Waals surface area (Å²) in [4.78, 5) is 17.6. The number of rotatable bonds is 6. The summed E-state index contributed by atoms with van der Waals surface area (Å²) in [5.74, 6) is -0.469. The molecule has 0 bridgehead atoms.